The average molecular weight is 412 g/mol. The minimum Gasteiger partial charge on any atom is -0.395 e. The van der Waals surface area contributed by atoms with Gasteiger partial charge in [-0.1, -0.05) is 20.8 Å². The average Bonchev–Trinajstić information content (AvgIpc) is 2.75. The van der Waals surface area contributed by atoms with Gasteiger partial charge in [-0.3, -0.25) is 24.6 Å². The molecule has 1 aromatic carbocycles. The van der Waals surface area contributed by atoms with E-state index in [0.717, 1.165) is 16.5 Å². The Balaban J connectivity index is 2.44. The predicted octanol–water partition coefficient (Wildman–Crippen LogP) is 2.31. The standard InChI is InChI=1S/C16H18BrN3O5/c1-16(2,3)9-6-10(17)14(12(7-9)20(24)25)18-11-8-13(22)19(4-5-21)15(11)23/h6-8,18,21H,4-5H2,1-3H3. The Morgan fingerprint density at radius 3 is 2.48 bits per heavy atom. The molecular weight excluding hydrogens is 394 g/mol. The van der Waals surface area contributed by atoms with Gasteiger partial charge in [0.05, 0.1) is 18.1 Å². The highest BCUT2D eigenvalue weighted by Gasteiger charge is 2.33. The summed E-state index contributed by atoms with van der Waals surface area (Å²) in [7, 11) is 0. The number of nitrogens with zero attached hydrogens (tertiary/aromatic N) is 2. The van der Waals surface area contributed by atoms with Gasteiger partial charge >= 0.3 is 0 Å². The number of benzene rings is 1. The number of nitro benzene ring substituents is 1. The molecular formula is C16H18BrN3O5. The van der Waals surface area contributed by atoms with Crippen molar-refractivity contribution in [2.45, 2.75) is 26.2 Å². The first-order valence-electron chi connectivity index (χ1n) is 7.50. The quantitative estimate of drug-likeness (QED) is 0.436. The van der Waals surface area contributed by atoms with Crippen LogP contribution in [0.3, 0.4) is 0 Å². The third-order valence-electron chi connectivity index (χ3n) is 3.72. The Morgan fingerprint density at radius 2 is 1.96 bits per heavy atom. The van der Waals surface area contributed by atoms with Crippen LogP contribution in [0.1, 0.15) is 26.3 Å². The second-order valence-electron chi connectivity index (χ2n) is 6.56. The second kappa shape index (κ2) is 6.93. The zero-order valence-corrected chi connectivity index (χ0v) is 15.6. The van der Waals surface area contributed by atoms with Crippen molar-refractivity contribution in [1.29, 1.82) is 0 Å². The molecule has 9 heteroatoms. The number of β-amino-alcohol motifs (C(OH)–C–C–N with tert-alkyl or cyclic N) is 1. The third kappa shape index (κ3) is 3.88. The molecule has 2 N–H and O–H groups in total. The lowest BCUT2D eigenvalue weighted by Crippen LogP contribution is -2.34. The number of amides is 2. The van der Waals surface area contributed by atoms with E-state index in [9.17, 15) is 19.7 Å². The number of aliphatic hydroxyl groups is 1. The van der Waals surface area contributed by atoms with Crippen molar-refractivity contribution in [2.75, 3.05) is 18.5 Å². The van der Waals surface area contributed by atoms with Crippen LogP contribution >= 0.6 is 15.9 Å². The predicted molar refractivity (Wildman–Crippen MR) is 95.0 cm³/mol. The van der Waals surface area contributed by atoms with E-state index in [1.807, 2.05) is 20.8 Å². The molecule has 0 aliphatic carbocycles. The first kappa shape index (κ1) is 19.1. The van der Waals surface area contributed by atoms with Gasteiger partial charge in [0.2, 0.25) is 0 Å². The van der Waals surface area contributed by atoms with Crippen LogP contribution in [0.4, 0.5) is 11.4 Å². The van der Waals surface area contributed by atoms with Gasteiger partial charge in [0, 0.05) is 16.6 Å². The van der Waals surface area contributed by atoms with Crippen molar-refractivity contribution in [3.63, 3.8) is 0 Å². The van der Waals surface area contributed by atoms with Crippen molar-refractivity contribution in [2.24, 2.45) is 0 Å². The fourth-order valence-corrected chi connectivity index (χ4v) is 2.89. The molecule has 0 bridgehead atoms. The molecule has 0 fully saturated rings. The van der Waals surface area contributed by atoms with E-state index in [-0.39, 0.29) is 35.6 Å². The zero-order chi connectivity index (χ0) is 18.9. The van der Waals surface area contributed by atoms with E-state index in [2.05, 4.69) is 21.2 Å². The minimum atomic E-state index is -0.639. The van der Waals surface area contributed by atoms with Gasteiger partial charge in [0.1, 0.15) is 11.4 Å². The lowest BCUT2D eigenvalue weighted by molar-refractivity contribution is -0.384. The number of aliphatic hydroxyl groups excluding tert-OH is 1. The monoisotopic (exact) mass is 411 g/mol. The molecule has 0 unspecified atom stereocenters. The summed E-state index contributed by atoms with van der Waals surface area (Å²) < 4.78 is 0.411. The van der Waals surface area contributed by atoms with Gasteiger partial charge in [0.25, 0.3) is 17.5 Å². The van der Waals surface area contributed by atoms with Crippen LogP contribution in [-0.4, -0.2) is 39.9 Å². The number of halogens is 1. The zero-order valence-electron chi connectivity index (χ0n) is 14.0. The molecule has 0 atom stereocenters. The number of hydrogen-bond acceptors (Lipinski definition) is 6. The second-order valence-corrected chi connectivity index (χ2v) is 7.42. The molecule has 25 heavy (non-hydrogen) atoms. The number of rotatable bonds is 5. The van der Waals surface area contributed by atoms with Crippen LogP contribution in [-0.2, 0) is 15.0 Å². The van der Waals surface area contributed by atoms with E-state index in [1.165, 1.54) is 6.07 Å². The molecule has 8 nitrogen and oxygen atoms in total. The molecule has 0 spiro atoms. The van der Waals surface area contributed by atoms with Crippen molar-refractivity contribution in [3.05, 3.63) is 44.1 Å². The number of carbonyl (C=O) groups is 2. The van der Waals surface area contributed by atoms with Gasteiger partial charge in [-0.25, -0.2) is 0 Å². The normalized spacial score (nSPS) is 14.8. The molecule has 0 saturated carbocycles. The molecule has 1 aliphatic heterocycles. The maximum absolute atomic E-state index is 12.2. The van der Waals surface area contributed by atoms with Crippen molar-refractivity contribution >= 4 is 39.1 Å². The SMILES string of the molecule is CC(C)(C)c1cc(Br)c(NC2=CC(=O)N(CCO)C2=O)c([N+](=O)[O-])c1. The first-order chi connectivity index (χ1) is 11.6. The van der Waals surface area contributed by atoms with Crippen LogP contribution in [0.5, 0.6) is 0 Å². The number of carbonyl (C=O) groups excluding carboxylic acids is 2. The van der Waals surface area contributed by atoms with Crippen molar-refractivity contribution in [3.8, 4) is 0 Å². The summed E-state index contributed by atoms with van der Waals surface area (Å²) in [5, 5.41) is 23.1. The summed E-state index contributed by atoms with van der Waals surface area (Å²) in [5.74, 6) is -1.22. The minimum absolute atomic E-state index is 0.0780. The van der Waals surface area contributed by atoms with Crippen LogP contribution in [0.2, 0.25) is 0 Å². The van der Waals surface area contributed by atoms with E-state index in [4.69, 9.17) is 5.11 Å². The molecule has 134 valence electrons. The lowest BCUT2D eigenvalue weighted by Gasteiger charge is -2.21. The van der Waals surface area contributed by atoms with E-state index < -0.39 is 16.7 Å². The maximum atomic E-state index is 12.2. The van der Waals surface area contributed by atoms with Gasteiger partial charge in [-0.2, -0.15) is 0 Å². The van der Waals surface area contributed by atoms with Crippen molar-refractivity contribution < 1.29 is 19.6 Å². The Kier molecular flexibility index (Phi) is 5.28. The molecule has 1 aliphatic rings. The molecule has 1 aromatic rings. The topological polar surface area (TPSA) is 113 Å². The Bertz CT molecular complexity index is 783. The van der Waals surface area contributed by atoms with Gasteiger partial charge in [0.15, 0.2) is 0 Å². The fraction of sp³-hybridized carbons (Fsp3) is 0.375. The van der Waals surface area contributed by atoms with Crippen molar-refractivity contribution in [1.82, 2.24) is 4.90 Å². The number of anilines is 1. The molecule has 2 amide bonds. The van der Waals surface area contributed by atoms with E-state index in [0.29, 0.717) is 4.47 Å². The summed E-state index contributed by atoms with van der Waals surface area (Å²) in [6.45, 7) is 5.30. The van der Waals surface area contributed by atoms with Crippen LogP contribution in [0, 0.1) is 10.1 Å². The lowest BCUT2D eigenvalue weighted by atomic mass is 9.86. The highest BCUT2D eigenvalue weighted by molar-refractivity contribution is 9.10. The number of nitrogens with one attached hydrogen (secondary N) is 1. The van der Waals surface area contributed by atoms with E-state index in [1.54, 1.807) is 6.07 Å². The third-order valence-corrected chi connectivity index (χ3v) is 4.35. The molecule has 1 heterocycles. The summed E-state index contributed by atoms with van der Waals surface area (Å²) in [4.78, 5) is 35.8. The number of nitro groups is 1. The van der Waals surface area contributed by atoms with Gasteiger partial charge in [-0.15, -0.1) is 0 Å². The van der Waals surface area contributed by atoms with Gasteiger partial charge in [-0.05, 0) is 33.0 Å². The number of imide groups is 1. The Morgan fingerprint density at radius 1 is 1.32 bits per heavy atom. The summed E-state index contributed by atoms with van der Waals surface area (Å²) >= 11 is 3.30. The number of hydrogen-bond donors (Lipinski definition) is 2. The maximum Gasteiger partial charge on any atom is 0.294 e. The smallest absolute Gasteiger partial charge is 0.294 e. The fourth-order valence-electron chi connectivity index (χ4n) is 2.34. The highest BCUT2D eigenvalue weighted by Crippen LogP contribution is 2.38. The van der Waals surface area contributed by atoms with Gasteiger partial charge < -0.3 is 10.4 Å². The summed E-state index contributed by atoms with van der Waals surface area (Å²) in [5.41, 5.74) is 0.256. The largest absolute Gasteiger partial charge is 0.395 e. The summed E-state index contributed by atoms with van der Waals surface area (Å²) in [6.07, 6.45) is 1.06. The molecule has 2 rings (SSSR count). The van der Waals surface area contributed by atoms with Crippen LogP contribution in [0.25, 0.3) is 0 Å². The Labute approximate surface area is 152 Å². The summed E-state index contributed by atoms with van der Waals surface area (Å²) in [6, 6.07) is 3.18. The Hall–Kier alpha value is -2.26. The molecule has 0 aromatic heterocycles. The van der Waals surface area contributed by atoms with Crippen LogP contribution in [0.15, 0.2) is 28.4 Å². The van der Waals surface area contributed by atoms with Crippen LogP contribution < -0.4 is 5.32 Å². The molecule has 0 saturated heterocycles. The highest BCUT2D eigenvalue weighted by atomic mass is 79.9. The molecule has 0 radical (unpaired) electrons. The first-order valence-corrected chi connectivity index (χ1v) is 8.29. The van der Waals surface area contributed by atoms with E-state index >= 15 is 0 Å².